The lowest BCUT2D eigenvalue weighted by Crippen LogP contribution is -2.73. The van der Waals surface area contributed by atoms with Gasteiger partial charge in [0.05, 0.1) is 33.0 Å². The first kappa shape index (κ1) is 14.6. The van der Waals surface area contributed by atoms with E-state index in [1.54, 1.807) is 21.6 Å². The number of nitrogens with zero attached hydrogens (tertiary/aromatic N) is 4. The number of nitro groups is 1. The van der Waals surface area contributed by atoms with Gasteiger partial charge in [0, 0.05) is 29.3 Å². The van der Waals surface area contributed by atoms with Gasteiger partial charge in [-0.3, -0.25) is 24.6 Å². The first-order valence-electron chi connectivity index (χ1n) is 7.00. The SMILES string of the molecule is O=C1CCSCCC(=O)N2CN3CN1CC([N+](=O)[O-])(C3)C2. The Hall–Kier alpha value is -1.35. The third-order valence-electron chi connectivity index (χ3n) is 4.24. The summed E-state index contributed by atoms with van der Waals surface area (Å²) in [6.07, 6.45) is 0.758. The summed E-state index contributed by atoms with van der Waals surface area (Å²) in [5.74, 6) is 1.26. The summed E-state index contributed by atoms with van der Waals surface area (Å²) in [6.45, 7) is 1.27. The lowest BCUT2D eigenvalue weighted by molar-refractivity contribution is -0.579. The quantitative estimate of drug-likeness (QED) is 0.476. The fraction of sp³-hybridized carbons (Fsp3) is 0.833. The van der Waals surface area contributed by atoms with E-state index in [4.69, 9.17) is 0 Å². The average Bonchev–Trinajstić information content (AvgIpc) is 2.44. The minimum atomic E-state index is -1.24. The Morgan fingerprint density at radius 2 is 1.52 bits per heavy atom. The zero-order valence-corrected chi connectivity index (χ0v) is 12.5. The minimum Gasteiger partial charge on any atom is -0.322 e. The van der Waals surface area contributed by atoms with Gasteiger partial charge in [0.2, 0.25) is 11.8 Å². The number of hydrogen-bond donors (Lipinski definition) is 0. The molecule has 4 rings (SSSR count). The number of amides is 2. The number of hydrogen-bond acceptors (Lipinski definition) is 6. The molecule has 8 nitrogen and oxygen atoms in total. The second-order valence-electron chi connectivity index (χ2n) is 5.89. The molecule has 0 unspecified atom stereocenters. The number of carbonyl (C=O) groups excluding carboxylic acids is 2. The Bertz CT molecular complexity index is 456. The van der Waals surface area contributed by atoms with Crippen molar-refractivity contribution in [3.8, 4) is 0 Å². The molecule has 4 heterocycles. The maximum atomic E-state index is 12.2. The van der Waals surface area contributed by atoms with Crippen LogP contribution >= 0.6 is 11.8 Å². The van der Waals surface area contributed by atoms with Crippen LogP contribution in [-0.4, -0.2) is 81.5 Å². The molecule has 21 heavy (non-hydrogen) atoms. The Labute approximate surface area is 126 Å². The molecule has 0 aromatic heterocycles. The smallest absolute Gasteiger partial charge is 0.269 e. The molecule has 0 aromatic carbocycles. The van der Waals surface area contributed by atoms with E-state index in [0.717, 1.165) is 0 Å². The summed E-state index contributed by atoms with van der Waals surface area (Å²) in [5, 5.41) is 11.6. The van der Waals surface area contributed by atoms with E-state index >= 15 is 0 Å². The Morgan fingerprint density at radius 3 is 2.00 bits per heavy atom. The van der Waals surface area contributed by atoms with Crippen molar-refractivity contribution in [2.24, 2.45) is 0 Å². The van der Waals surface area contributed by atoms with E-state index in [1.807, 2.05) is 4.90 Å². The van der Waals surface area contributed by atoms with Crippen molar-refractivity contribution in [1.82, 2.24) is 14.7 Å². The van der Waals surface area contributed by atoms with Crippen molar-refractivity contribution in [1.29, 1.82) is 0 Å². The fourth-order valence-electron chi connectivity index (χ4n) is 3.25. The molecule has 116 valence electrons. The standard InChI is InChI=1S/C12H18N4O4S/c17-10-1-3-21-4-2-11(18)15-7-12(16(19)20)5-13(9-15)8-14(10)6-12/h1-9H2. The van der Waals surface area contributed by atoms with Gasteiger partial charge >= 0.3 is 0 Å². The Morgan fingerprint density at radius 1 is 1.00 bits per heavy atom. The second kappa shape index (κ2) is 5.45. The normalized spacial score (nSPS) is 33.8. The van der Waals surface area contributed by atoms with Gasteiger partial charge in [-0.2, -0.15) is 11.8 Å². The highest BCUT2D eigenvalue weighted by Gasteiger charge is 2.55. The van der Waals surface area contributed by atoms with Gasteiger partial charge in [0.1, 0.15) is 0 Å². The maximum absolute atomic E-state index is 12.2. The molecule has 4 aliphatic heterocycles. The summed E-state index contributed by atoms with van der Waals surface area (Å²) in [5.41, 5.74) is -1.24. The van der Waals surface area contributed by atoms with Gasteiger partial charge in [-0.25, -0.2) is 0 Å². The summed E-state index contributed by atoms with van der Waals surface area (Å²) in [4.78, 5) is 40.7. The molecule has 9 heteroatoms. The van der Waals surface area contributed by atoms with E-state index in [0.29, 0.717) is 44.2 Å². The summed E-state index contributed by atoms with van der Waals surface area (Å²) < 4.78 is 0. The number of thioether (sulfide) groups is 1. The molecule has 0 radical (unpaired) electrons. The molecule has 4 aliphatic rings. The van der Waals surface area contributed by atoms with Crippen LogP contribution in [0, 0.1) is 10.1 Å². The lowest BCUT2D eigenvalue weighted by Gasteiger charge is -2.49. The predicted octanol–water partition coefficient (Wildman–Crippen LogP) is -0.570. The lowest BCUT2D eigenvalue weighted by atomic mass is 9.93. The van der Waals surface area contributed by atoms with Crippen LogP contribution in [0.3, 0.4) is 0 Å². The van der Waals surface area contributed by atoms with Crippen LogP contribution in [0.5, 0.6) is 0 Å². The molecular formula is C12H18N4O4S. The highest BCUT2D eigenvalue weighted by molar-refractivity contribution is 7.99. The van der Waals surface area contributed by atoms with Crippen molar-refractivity contribution in [3.05, 3.63) is 10.1 Å². The Balaban J connectivity index is 1.92. The average molecular weight is 314 g/mol. The Kier molecular flexibility index (Phi) is 3.78. The third kappa shape index (κ3) is 2.71. The zero-order valence-electron chi connectivity index (χ0n) is 11.7. The molecule has 0 aromatic rings. The van der Waals surface area contributed by atoms with Gasteiger partial charge in [-0.05, 0) is 0 Å². The van der Waals surface area contributed by atoms with E-state index in [2.05, 4.69) is 0 Å². The zero-order chi connectivity index (χ0) is 15.0. The van der Waals surface area contributed by atoms with Gasteiger partial charge in [0.25, 0.3) is 5.54 Å². The van der Waals surface area contributed by atoms with E-state index in [-0.39, 0.29) is 29.8 Å². The summed E-state index contributed by atoms with van der Waals surface area (Å²) in [6, 6.07) is 0. The fourth-order valence-corrected chi connectivity index (χ4v) is 4.09. The topological polar surface area (TPSA) is 87.0 Å². The molecule has 0 aliphatic carbocycles. The minimum absolute atomic E-state index is 0.0289. The van der Waals surface area contributed by atoms with Crippen LogP contribution in [0.1, 0.15) is 12.8 Å². The van der Waals surface area contributed by atoms with Crippen molar-refractivity contribution < 1.29 is 14.5 Å². The first-order valence-corrected chi connectivity index (χ1v) is 8.16. The van der Waals surface area contributed by atoms with Crippen LogP contribution in [0.15, 0.2) is 0 Å². The summed E-state index contributed by atoms with van der Waals surface area (Å²) >= 11 is 1.59. The van der Waals surface area contributed by atoms with Crippen LogP contribution in [0.2, 0.25) is 0 Å². The molecular weight excluding hydrogens is 296 g/mol. The highest BCUT2D eigenvalue weighted by Crippen LogP contribution is 2.28. The van der Waals surface area contributed by atoms with Crippen LogP contribution in [0.4, 0.5) is 0 Å². The van der Waals surface area contributed by atoms with Gasteiger partial charge in [-0.1, -0.05) is 0 Å². The number of carbonyl (C=O) groups is 2. The monoisotopic (exact) mass is 314 g/mol. The molecule has 2 amide bonds. The molecule has 4 fully saturated rings. The van der Waals surface area contributed by atoms with Crippen molar-refractivity contribution in [3.63, 3.8) is 0 Å². The van der Waals surface area contributed by atoms with Crippen molar-refractivity contribution >= 4 is 23.6 Å². The maximum Gasteiger partial charge on any atom is 0.269 e. The van der Waals surface area contributed by atoms with Crippen LogP contribution in [-0.2, 0) is 9.59 Å². The van der Waals surface area contributed by atoms with E-state index in [1.165, 1.54) is 0 Å². The van der Waals surface area contributed by atoms with Gasteiger partial charge < -0.3 is 9.80 Å². The molecule has 0 saturated carbocycles. The van der Waals surface area contributed by atoms with Gasteiger partial charge in [0.15, 0.2) is 0 Å². The van der Waals surface area contributed by atoms with Gasteiger partial charge in [-0.15, -0.1) is 0 Å². The van der Waals surface area contributed by atoms with E-state index < -0.39 is 5.54 Å². The number of rotatable bonds is 1. The largest absolute Gasteiger partial charge is 0.322 e. The molecule has 0 N–H and O–H groups in total. The summed E-state index contributed by atoms with van der Waals surface area (Å²) in [7, 11) is 0. The van der Waals surface area contributed by atoms with Crippen LogP contribution < -0.4 is 0 Å². The molecule has 0 atom stereocenters. The molecule has 0 spiro atoms. The molecule has 4 saturated heterocycles. The van der Waals surface area contributed by atoms with Crippen molar-refractivity contribution in [2.45, 2.75) is 18.4 Å². The van der Waals surface area contributed by atoms with Crippen LogP contribution in [0.25, 0.3) is 0 Å². The third-order valence-corrected chi connectivity index (χ3v) is 5.23. The second-order valence-corrected chi connectivity index (χ2v) is 7.11. The number of fused-ring (bicyclic) bond motifs is 6. The predicted molar refractivity (Wildman–Crippen MR) is 76.2 cm³/mol. The molecule has 4 bridgehead atoms. The first-order chi connectivity index (χ1) is 10.00. The highest BCUT2D eigenvalue weighted by atomic mass is 32.2. The van der Waals surface area contributed by atoms with Crippen molar-refractivity contribution in [2.75, 3.05) is 44.5 Å². The van der Waals surface area contributed by atoms with E-state index in [9.17, 15) is 19.7 Å².